The van der Waals surface area contributed by atoms with E-state index >= 15 is 0 Å². The van der Waals surface area contributed by atoms with E-state index in [1.54, 1.807) is 0 Å². The molecule has 1 aliphatic rings. The summed E-state index contributed by atoms with van der Waals surface area (Å²) in [7, 11) is 8.08. The van der Waals surface area contributed by atoms with Crippen molar-refractivity contribution in [2.45, 2.75) is 13.1 Å². The minimum absolute atomic E-state index is 0. The molecule has 0 bridgehead atoms. The van der Waals surface area contributed by atoms with Crippen LogP contribution in [-0.4, -0.2) is 72.6 Å². The van der Waals surface area contributed by atoms with Gasteiger partial charge in [-0.25, -0.2) is 4.98 Å². The van der Waals surface area contributed by atoms with Crippen molar-refractivity contribution in [3.63, 3.8) is 0 Å². The van der Waals surface area contributed by atoms with Gasteiger partial charge in [0, 0.05) is 76.4 Å². The molecule has 7 nitrogen and oxygen atoms in total. The lowest BCUT2D eigenvalue weighted by Gasteiger charge is -2.33. The second kappa shape index (κ2) is 11.2. The molecule has 1 fully saturated rings. The molecule has 3 rings (SSSR count). The van der Waals surface area contributed by atoms with E-state index in [2.05, 4.69) is 89.0 Å². The lowest BCUT2D eigenvalue weighted by Crippen LogP contribution is -2.44. The van der Waals surface area contributed by atoms with E-state index in [9.17, 15) is 0 Å². The Morgan fingerprint density at radius 3 is 2.52 bits per heavy atom. The van der Waals surface area contributed by atoms with Crippen LogP contribution in [0.15, 0.2) is 40.1 Å². The summed E-state index contributed by atoms with van der Waals surface area (Å²) in [5.41, 5.74) is 2.37. The van der Waals surface area contributed by atoms with Gasteiger partial charge in [0.1, 0.15) is 5.82 Å². The number of aryl methyl sites for hydroxylation is 1. The Kier molecular flexibility index (Phi) is 9.22. The fourth-order valence-electron chi connectivity index (χ4n) is 3.35. The van der Waals surface area contributed by atoms with Gasteiger partial charge < -0.3 is 24.6 Å². The molecule has 0 radical (unpaired) electrons. The molecular weight excluding hydrogens is 545 g/mol. The molecule has 0 amide bonds. The number of nitrogens with zero attached hydrogens (tertiary/aromatic N) is 6. The third kappa shape index (κ3) is 6.58. The Morgan fingerprint density at radius 2 is 1.97 bits per heavy atom. The van der Waals surface area contributed by atoms with Crippen molar-refractivity contribution in [3.8, 4) is 0 Å². The minimum Gasteiger partial charge on any atom is -0.354 e. The molecular formula is C20H31BrIN7. The largest absolute Gasteiger partial charge is 0.354 e. The monoisotopic (exact) mass is 575 g/mol. The van der Waals surface area contributed by atoms with E-state index < -0.39 is 0 Å². The molecule has 1 N–H and O–H groups in total. The quantitative estimate of drug-likeness (QED) is 0.338. The molecule has 3 heterocycles. The van der Waals surface area contributed by atoms with Crippen LogP contribution in [0.5, 0.6) is 0 Å². The van der Waals surface area contributed by atoms with Gasteiger partial charge in [-0.2, -0.15) is 0 Å². The van der Waals surface area contributed by atoms with E-state index in [4.69, 9.17) is 0 Å². The molecule has 0 saturated carbocycles. The van der Waals surface area contributed by atoms with Gasteiger partial charge in [-0.05, 0) is 40.7 Å². The lowest BCUT2D eigenvalue weighted by atomic mass is 10.2. The van der Waals surface area contributed by atoms with Crippen LogP contribution in [0.2, 0.25) is 0 Å². The first kappa shape index (κ1) is 23.9. The maximum Gasteiger partial charge on any atom is 0.194 e. The molecule has 0 spiro atoms. The number of nitrogens with one attached hydrogen (secondary N) is 1. The summed E-state index contributed by atoms with van der Waals surface area (Å²) in [6.45, 7) is 5.73. The number of anilines is 1. The summed E-state index contributed by atoms with van der Waals surface area (Å²) in [6.07, 6.45) is 4.02. The van der Waals surface area contributed by atoms with Crippen molar-refractivity contribution in [2.24, 2.45) is 12.0 Å². The van der Waals surface area contributed by atoms with Gasteiger partial charge in [0.15, 0.2) is 5.96 Å². The maximum atomic E-state index is 4.66. The highest BCUT2D eigenvalue weighted by molar-refractivity contribution is 14.0. The molecule has 0 atom stereocenters. The number of aromatic nitrogens is 2. The van der Waals surface area contributed by atoms with Crippen LogP contribution in [0.3, 0.4) is 0 Å². The number of rotatable bonds is 5. The van der Waals surface area contributed by atoms with Crippen molar-refractivity contribution in [3.05, 3.63) is 46.3 Å². The molecule has 2 aromatic heterocycles. The summed E-state index contributed by atoms with van der Waals surface area (Å²) >= 11 is 3.53. The summed E-state index contributed by atoms with van der Waals surface area (Å²) in [5.74, 6) is 1.92. The van der Waals surface area contributed by atoms with Crippen molar-refractivity contribution < 1.29 is 0 Å². The van der Waals surface area contributed by atoms with Gasteiger partial charge in [0.2, 0.25) is 0 Å². The standard InChI is InChI=1S/C20H30BrN7.HI/c1-22-20(27(4)15-18-11-17(21)14-26(18)3)24-13-16-5-6-19(23-12-16)28-9-7-25(2)8-10-28;/h5-6,11-12,14H,7-10,13,15H2,1-4H3,(H,22,24);1H. The smallest absolute Gasteiger partial charge is 0.194 e. The highest BCUT2D eigenvalue weighted by Gasteiger charge is 2.15. The summed E-state index contributed by atoms with van der Waals surface area (Å²) < 4.78 is 3.21. The second-order valence-electron chi connectivity index (χ2n) is 7.33. The summed E-state index contributed by atoms with van der Waals surface area (Å²) in [6, 6.07) is 6.40. The van der Waals surface area contributed by atoms with Crippen molar-refractivity contribution >= 4 is 51.7 Å². The Balaban J connectivity index is 0.00000300. The molecule has 160 valence electrons. The molecule has 2 aromatic rings. The van der Waals surface area contributed by atoms with Crippen LogP contribution in [0.4, 0.5) is 5.82 Å². The zero-order valence-corrected chi connectivity index (χ0v) is 21.5. The highest BCUT2D eigenvalue weighted by atomic mass is 127. The van der Waals surface area contributed by atoms with Gasteiger partial charge >= 0.3 is 0 Å². The molecule has 29 heavy (non-hydrogen) atoms. The number of guanidine groups is 1. The van der Waals surface area contributed by atoms with E-state index in [1.165, 1.54) is 5.69 Å². The van der Waals surface area contributed by atoms with E-state index in [0.717, 1.165) is 54.5 Å². The maximum absolute atomic E-state index is 4.66. The minimum atomic E-state index is 0. The van der Waals surface area contributed by atoms with Gasteiger partial charge in [-0.1, -0.05) is 6.07 Å². The Morgan fingerprint density at radius 1 is 1.24 bits per heavy atom. The van der Waals surface area contributed by atoms with Crippen LogP contribution in [0.1, 0.15) is 11.3 Å². The predicted octanol–water partition coefficient (Wildman–Crippen LogP) is 2.76. The average molecular weight is 576 g/mol. The van der Waals surface area contributed by atoms with Crippen LogP contribution in [0.25, 0.3) is 0 Å². The van der Waals surface area contributed by atoms with E-state index in [1.807, 2.05) is 20.3 Å². The molecule has 1 saturated heterocycles. The van der Waals surface area contributed by atoms with Crippen LogP contribution >= 0.6 is 39.9 Å². The van der Waals surface area contributed by atoms with E-state index in [-0.39, 0.29) is 24.0 Å². The number of hydrogen-bond acceptors (Lipinski definition) is 4. The van der Waals surface area contributed by atoms with Crippen LogP contribution in [0, 0.1) is 0 Å². The number of halogens is 2. The number of piperazine rings is 1. The Labute approximate surface area is 199 Å². The third-order valence-corrected chi connectivity index (χ3v) is 5.57. The van der Waals surface area contributed by atoms with Gasteiger partial charge in [0.25, 0.3) is 0 Å². The molecule has 0 unspecified atom stereocenters. The zero-order valence-electron chi connectivity index (χ0n) is 17.6. The number of hydrogen-bond donors (Lipinski definition) is 1. The molecule has 1 aliphatic heterocycles. The fraction of sp³-hybridized carbons (Fsp3) is 0.500. The SMILES string of the molecule is CN=C(NCc1ccc(N2CCN(C)CC2)nc1)N(C)Cc1cc(Br)cn1C.I. The number of likely N-dealkylation sites (N-methyl/N-ethyl adjacent to an activating group) is 1. The van der Waals surface area contributed by atoms with Crippen LogP contribution < -0.4 is 10.2 Å². The topological polar surface area (TPSA) is 51.9 Å². The lowest BCUT2D eigenvalue weighted by molar-refractivity contribution is 0.312. The normalized spacial score (nSPS) is 15.2. The predicted molar refractivity (Wildman–Crippen MR) is 134 cm³/mol. The Hall–Kier alpha value is -1.33. The van der Waals surface area contributed by atoms with Crippen molar-refractivity contribution in [2.75, 3.05) is 52.2 Å². The van der Waals surface area contributed by atoms with Crippen molar-refractivity contribution in [1.29, 1.82) is 0 Å². The second-order valence-corrected chi connectivity index (χ2v) is 8.25. The fourth-order valence-corrected chi connectivity index (χ4v) is 3.92. The molecule has 9 heteroatoms. The third-order valence-electron chi connectivity index (χ3n) is 5.13. The average Bonchev–Trinajstić information content (AvgIpc) is 3.00. The molecule has 0 aromatic carbocycles. The highest BCUT2D eigenvalue weighted by Crippen LogP contribution is 2.15. The Bertz CT molecular complexity index is 798. The van der Waals surface area contributed by atoms with Crippen molar-refractivity contribution in [1.82, 2.24) is 24.7 Å². The molecule has 0 aliphatic carbocycles. The number of pyridine rings is 1. The van der Waals surface area contributed by atoms with Gasteiger partial charge in [-0.15, -0.1) is 24.0 Å². The van der Waals surface area contributed by atoms with Gasteiger partial charge in [-0.3, -0.25) is 4.99 Å². The van der Waals surface area contributed by atoms with Gasteiger partial charge in [0.05, 0.1) is 6.54 Å². The number of aliphatic imine (C=N–C) groups is 1. The zero-order chi connectivity index (χ0) is 20.1. The summed E-state index contributed by atoms with van der Waals surface area (Å²) in [5, 5.41) is 3.43. The first-order valence-electron chi connectivity index (χ1n) is 9.57. The first-order valence-corrected chi connectivity index (χ1v) is 10.4. The van der Waals surface area contributed by atoms with E-state index in [0.29, 0.717) is 6.54 Å². The summed E-state index contributed by atoms with van der Waals surface area (Å²) in [4.78, 5) is 15.9. The first-order chi connectivity index (χ1) is 13.5. The van der Waals surface area contributed by atoms with Crippen LogP contribution in [-0.2, 0) is 20.1 Å².